The zero-order valence-electron chi connectivity index (χ0n) is 11.0. The van der Waals surface area contributed by atoms with Crippen molar-refractivity contribution in [2.24, 2.45) is 0 Å². The molecule has 20 heavy (non-hydrogen) atoms. The van der Waals surface area contributed by atoms with E-state index in [2.05, 4.69) is 58.1 Å². The summed E-state index contributed by atoms with van der Waals surface area (Å²) in [6.45, 7) is 0. The monoisotopic (exact) mass is 282 g/mol. The van der Waals surface area contributed by atoms with Gasteiger partial charge >= 0.3 is 0 Å². The highest BCUT2D eigenvalue weighted by molar-refractivity contribution is 5.85. The number of halogens is 1. The minimum absolute atomic E-state index is 0. The summed E-state index contributed by atoms with van der Waals surface area (Å²) in [4.78, 5) is 4.59. The zero-order chi connectivity index (χ0) is 12.7. The van der Waals surface area contributed by atoms with Gasteiger partial charge in [-0.1, -0.05) is 48.5 Å². The van der Waals surface area contributed by atoms with Crippen molar-refractivity contribution in [3.63, 3.8) is 0 Å². The molecule has 100 valence electrons. The molecule has 0 unspecified atom stereocenters. The first kappa shape index (κ1) is 12.9. The Bertz CT molecular complexity index is 732. The molecular weight excluding hydrogens is 268 g/mol. The fourth-order valence-corrected chi connectivity index (χ4v) is 2.83. The van der Waals surface area contributed by atoms with Crippen molar-refractivity contribution in [3.8, 4) is 16.9 Å². The molecule has 0 amide bonds. The zero-order valence-corrected chi connectivity index (χ0v) is 11.8. The summed E-state index contributed by atoms with van der Waals surface area (Å²) < 4.78 is 2.30. The maximum atomic E-state index is 4.59. The van der Waals surface area contributed by atoms with Crippen molar-refractivity contribution < 1.29 is 0 Å². The molecule has 1 aliphatic heterocycles. The van der Waals surface area contributed by atoms with Crippen LogP contribution in [0.3, 0.4) is 0 Å². The number of aryl methyl sites for hydroxylation is 2. The van der Waals surface area contributed by atoms with Gasteiger partial charge in [-0.3, -0.25) is 4.57 Å². The van der Waals surface area contributed by atoms with Crippen LogP contribution in [0.1, 0.15) is 11.4 Å². The van der Waals surface area contributed by atoms with Crippen LogP contribution in [0.4, 0.5) is 0 Å². The molecule has 3 aromatic rings. The number of aromatic nitrogens is 2. The van der Waals surface area contributed by atoms with Gasteiger partial charge < -0.3 is 0 Å². The van der Waals surface area contributed by atoms with Gasteiger partial charge in [-0.15, -0.1) is 12.4 Å². The first-order valence-electron chi connectivity index (χ1n) is 6.64. The Morgan fingerprint density at radius 2 is 1.60 bits per heavy atom. The second kappa shape index (κ2) is 5.14. The van der Waals surface area contributed by atoms with Gasteiger partial charge in [-0.05, 0) is 18.1 Å². The van der Waals surface area contributed by atoms with Crippen LogP contribution < -0.4 is 0 Å². The van der Waals surface area contributed by atoms with Crippen molar-refractivity contribution in [2.75, 3.05) is 0 Å². The lowest BCUT2D eigenvalue weighted by atomic mass is 10.0. The first-order valence-corrected chi connectivity index (χ1v) is 6.64. The molecule has 4 rings (SSSR count). The SMILES string of the molecule is Cl.c1ccc(-c2cnc3n2-c2ccccc2CC3)cc1. The Morgan fingerprint density at radius 3 is 2.45 bits per heavy atom. The number of imidazole rings is 1. The highest BCUT2D eigenvalue weighted by Crippen LogP contribution is 2.30. The lowest BCUT2D eigenvalue weighted by Gasteiger charge is -2.20. The van der Waals surface area contributed by atoms with Crippen molar-refractivity contribution in [3.05, 3.63) is 72.2 Å². The largest absolute Gasteiger partial charge is 0.296 e. The number of nitrogens with zero attached hydrogens (tertiary/aromatic N) is 2. The first-order chi connectivity index (χ1) is 9.43. The lowest BCUT2D eigenvalue weighted by molar-refractivity contribution is 0.781. The van der Waals surface area contributed by atoms with Gasteiger partial charge in [0.15, 0.2) is 0 Å². The van der Waals surface area contributed by atoms with Crippen molar-refractivity contribution in [2.45, 2.75) is 12.8 Å². The van der Waals surface area contributed by atoms with Gasteiger partial charge in [-0.2, -0.15) is 0 Å². The van der Waals surface area contributed by atoms with Crippen molar-refractivity contribution >= 4 is 12.4 Å². The lowest BCUT2D eigenvalue weighted by Crippen LogP contribution is -2.12. The molecule has 0 atom stereocenters. The van der Waals surface area contributed by atoms with Gasteiger partial charge in [0.1, 0.15) is 5.82 Å². The van der Waals surface area contributed by atoms with E-state index in [9.17, 15) is 0 Å². The predicted molar refractivity (Wildman–Crippen MR) is 83.7 cm³/mol. The number of hydrogen-bond donors (Lipinski definition) is 0. The van der Waals surface area contributed by atoms with E-state index in [1.807, 2.05) is 12.3 Å². The fraction of sp³-hybridized carbons (Fsp3) is 0.118. The third-order valence-electron chi connectivity index (χ3n) is 3.75. The van der Waals surface area contributed by atoms with Gasteiger partial charge in [0, 0.05) is 12.0 Å². The van der Waals surface area contributed by atoms with Crippen LogP contribution >= 0.6 is 12.4 Å². The molecule has 0 fully saturated rings. The molecule has 0 bridgehead atoms. The summed E-state index contributed by atoms with van der Waals surface area (Å²) >= 11 is 0. The normalized spacial score (nSPS) is 12.2. The topological polar surface area (TPSA) is 17.8 Å². The van der Waals surface area contributed by atoms with Crippen LogP contribution in [-0.2, 0) is 12.8 Å². The summed E-state index contributed by atoms with van der Waals surface area (Å²) in [5.41, 5.74) is 5.09. The molecule has 2 nitrogen and oxygen atoms in total. The Balaban J connectivity index is 0.00000121. The Hall–Kier alpha value is -2.06. The smallest absolute Gasteiger partial charge is 0.114 e. The molecule has 3 heteroatoms. The second-order valence-corrected chi connectivity index (χ2v) is 4.89. The van der Waals surface area contributed by atoms with Gasteiger partial charge in [0.2, 0.25) is 0 Å². The van der Waals surface area contributed by atoms with Crippen LogP contribution in [0.2, 0.25) is 0 Å². The Kier molecular flexibility index (Phi) is 3.33. The van der Waals surface area contributed by atoms with E-state index in [0.29, 0.717) is 0 Å². The summed E-state index contributed by atoms with van der Waals surface area (Å²) in [6.07, 6.45) is 4.10. The second-order valence-electron chi connectivity index (χ2n) is 4.89. The maximum Gasteiger partial charge on any atom is 0.114 e. The molecule has 0 aliphatic carbocycles. The van der Waals surface area contributed by atoms with E-state index in [-0.39, 0.29) is 12.4 Å². The molecule has 2 heterocycles. The predicted octanol–water partition coefficient (Wildman–Crippen LogP) is 4.06. The van der Waals surface area contributed by atoms with Crippen LogP contribution in [0.25, 0.3) is 16.9 Å². The van der Waals surface area contributed by atoms with Crippen molar-refractivity contribution in [1.29, 1.82) is 0 Å². The number of hydrogen-bond acceptors (Lipinski definition) is 1. The average Bonchev–Trinajstić information content (AvgIpc) is 2.92. The number of rotatable bonds is 1. The van der Waals surface area contributed by atoms with E-state index in [1.165, 1.54) is 22.5 Å². The summed E-state index contributed by atoms with van der Waals surface area (Å²) in [5, 5.41) is 0. The number of para-hydroxylation sites is 1. The molecule has 0 spiro atoms. The van der Waals surface area contributed by atoms with Crippen molar-refractivity contribution in [1.82, 2.24) is 9.55 Å². The summed E-state index contributed by atoms with van der Waals surface area (Å²) in [7, 11) is 0. The Labute approximate surface area is 124 Å². The number of benzene rings is 2. The number of fused-ring (bicyclic) bond motifs is 3. The van der Waals surface area contributed by atoms with Crippen LogP contribution in [0.5, 0.6) is 0 Å². The summed E-state index contributed by atoms with van der Waals surface area (Å²) in [6, 6.07) is 19.1. The third kappa shape index (κ3) is 1.93. The molecule has 2 aromatic carbocycles. The van der Waals surface area contributed by atoms with Gasteiger partial charge in [-0.25, -0.2) is 4.98 Å². The van der Waals surface area contributed by atoms with E-state index in [0.717, 1.165) is 18.7 Å². The summed E-state index contributed by atoms with van der Waals surface area (Å²) in [5.74, 6) is 1.16. The average molecular weight is 283 g/mol. The van der Waals surface area contributed by atoms with E-state index >= 15 is 0 Å². The fourth-order valence-electron chi connectivity index (χ4n) is 2.83. The van der Waals surface area contributed by atoms with E-state index in [1.54, 1.807) is 0 Å². The van der Waals surface area contributed by atoms with Crippen LogP contribution in [-0.4, -0.2) is 9.55 Å². The molecule has 0 N–H and O–H groups in total. The van der Waals surface area contributed by atoms with Crippen LogP contribution in [0.15, 0.2) is 60.8 Å². The quantitative estimate of drug-likeness (QED) is 0.658. The van der Waals surface area contributed by atoms with E-state index < -0.39 is 0 Å². The highest BCUT2D eigenvalue weighted by atomic mass is 35.5. The van der Waals surface area contributed by atoms with E-state index in [4.69, 9.17) is 0 Å². The molecule has 0 saturated carbocycles. The maximum absolute atomic E-state index is 4.59. The van der Waals surface area contributed by atoms with Gasteiger partial charge in [0.05, 0.1) is 17.6 Å². The highest BCUT2D eigenvalue weighted by Gasteiger charge is 2.19. The standard InChI is InChI=1S/C17H14N2.ClH/c1-2-6-13(7-3-1)16-12-18-17-11-10-14-8-4-5-9-15(14)19(16)17;/h1-9,12H,10-11H2;1H. The Morgan fingerprint density at radius 1 is 0.850 bits per heavy atom. The van der Waals surface area contributed by atoms with Crippen LogP contribution in [0, 0.1) is 0 Å². The molecule has 0 saturated heterocycles. The third-order valence-corrected chi connectivity index (χ3v) is 3.75. The minimum atomic E-state index is 0. The minimum Gasteiger partial charge on any atom is -0.296 e. The molecular formula is C17H15ClN2. The molecule has 1 aliphatic rings. The molecule has 1 aromatic heterocycles. The molecule has 0 radical (unpaired) electrons. The van der Waals surface area contributed by atoms with Gasteiger partial charge in [0.25, 0.3) is 0 Å².